The lowest BCUT2D eigenvalue weighted by molar-refractivity contribution is -0.153. The molecule has 154 valence electrons. The van der Waals surface area contributed by atoms with Crippen molar-refractivity contribution in [2.75, 3.05) is 11.5 Å². The fourth-order valence-corrected chi connectivity index (χ4v) is 8.80. The first-order valence-corrected chi connectivity index (χ1v) is 13.1. The molecule has 2 aromatic carbocycles. The van der Waals surface area contributed by atoms with E-state index in [9.17, 15) is 4.79 Å². The number of carbonyl (C=O) groups excluding carboxylic acids is 1. The molecule has 0 amide bonds. The summed E-state index contributed by atoms with van der Waals surface area (Å²) in [4.78, 5) is 14.9. The molecule has 3 heteroatoms. The number of benzene rings is 2. The molecule has 1 saturated heterocycles. The van der Waals surface area contributed by atoms with Crippen molar-refractivity contribution >= 4 is 27.6 Å². The Morgan fingerprint density at radius 2 is 1.79 bits per heavy atom. The second-order valence-corrected chi connectivity index (χ2v) is 12.0. The van der Waals surface area contributed by atoms with E-state index in [2.05, 4.69) is 43.3 Å². The van der Waals surface area contributed by atoms with E-state index in [-0.39, 0.29) is 11.4 Å². The monoisotopic (exact) mass is 409 g/mol. The van der Waals surface area contributed by atoms with Crippen LogP contribution in [-0.4, -0.2) is 17.5 Å². The summed E-state index contributed by atoms with van der Waals surface area (Å²) < 4.78 is 6.20. The molecule has 1 aliphatic heterocycles. The van der Waals surface area contributed by atoms with Crippen molar-refractivity contribution in [1.29, 1.82) is 0 Å². The maximum Gasteiger partial charge on any atom is 0.317 e. The molecule has 0 aromatic heterocycles. The highest BCUT2D eigenvalue weighted by Gasteiger charge is 2.48. The molecule has 0 radical (unpaired) electrons. The first kappa shape index (κ1) is 19.5. The molecule has 5 rings (SSSR count). The summed E-state index contributed by atoms with van der Waals surface area (Å²) >= 11 is 0. The van der Waals surface area contributed by atoms with E-state index in [1.165, 1.54) is 60.3 Å². The molecule has 2 aromatic rings. The maximum atomic E-state index is 13.5. The van der Waals surface area contributed by atoms with E-state index in [1.807, 2.05) is 0 Å². The summed E-state index contributed by atoms with van der Waals surface area (Å²) in [6, 6.07) is 12.9. The van der Waals surface area contributed by atoms with Crippen molar-refractivity contribution in [2.24, 2.45) is 17.3 Å². The second-order valence-electron chi connectivity index (χ2n) is 9.75. The molecule has 0 spiro atoms. The number of hydrogen-bond acceptors (Lipinski definition) is 2. The Bertz CT molecular complexity index is 897. The van der Waals surface area contributed by atoms with Gasteiger partial charge in [-0.2, -0.15) is 0 Å². The highest BCUT2D eigenvalue weighted by Crippen LogP contribution is 2.51. The SMILES string of the molecule is CC1CC2CCCC(C(=O)Oc3ccc([S+]4CCCCC4)c4ccccc34)(C1)C2. The molecule has 3 atom stereocenters. The van der Waals surface area contributed by atoms with Gasteiger partial charge in [-0.3, -0.25) is 4.79 Å². The Morgan fingerprint density at radius 3 is 2.62 bits per heavy atom. The van der Waals surface area contributed by atoms with Crippen molar-refractivity contribution < 1.29 is 9.53 Å². The van der Waals surface area contributed by atoms with Gasteiger partial charge in [0.15, 0.2) is 4.90 Å². The number of fused-ring (bicyclic) bond motifs is 3. The number of ether oxygens (including phenoxy) is 1. The van der Waals surface area contributed by atoms with Gasteiger partial charge in [0.05, 0.1) is 5.41 Å². The van der Waals surface area contributed by atoms with Crippen molar-refractivity contribution in [3.8, 4) is 5.75 Å². The number of hydrogen-bond donors (Lipinski definition) is 0. The van der Waals surface area contributed by atoms with Gasteiger partial charge in [-0.05, 0) is 75.0 Å². The molecular weight excluding hydrogens is 376 g/mol. The lowest BCUT2D eigenvalue weighted by atomic mass is 9.59. The summed E-state index contributed by atoms with van der Waals surface area (Å²) in [5, 5.41) is 2.41. The van der Waals surface area contributed by atoms with Gasteiger partial charge in [0.1, 0.15) is 17.3 Å². The minimum atomic E-state index is -0.245. The molecule has 3 aliphatic rings. The molecule has 2 aliphatic carbocycles. The molecular formula is C26H33O2S+. The van der Waals surface area contributed by atoms with E-state index >= 15 is 0 Å². The number of rotatable bonds is 3. The van der Waals surface area contributed by atoms with Crippen molar-refractivity contribution in [1.82, 2.24) is 0 Å². The van der Waals surface area contributed by atoms with Crippen LogP contribution in [0.15, 0.2) is 41.3 Å². The van der Waals surface area contributed by atoms with E-state index in [1.54, 1.807) is 0 Å². The Balaban J connectivity index is 1.45. The first-order valence-electron chi connectivity index (χ1n) is 11.6. The molecule has 3 fully saturated rings. The largest absolute Gasteiger partial charge is 0.425 e. The third kappa shape index (κ3) is 3.71. The average Bonchev–Trinajstić information content (AvgIpc) is 2.74. The zero-order valence-corrected chi connectivity index (χ0v) is 18.4. The Morgan fingerprint density at radius 1 is 1.00 bits per heavy atom. The van der Waals surface area contributed by atoms with Crippen LogP contribution in [0.3, 0.4) is 0 Å². The number of carbonyl (C=O) groups is 1. The van der Waals surface area contributed by atoms with Gasteiger partial charge >= 0.3 is 5.97 Å². The van der Waals surface area contributed by atoms with Crippen molar-refractivity contribution in [3.05, 3.63) is 36.4 Å². The van der Waals surface area contributed by atoms with Crippen LogP contribution >= 0.6 is 0 Å². The van der Waals surface area contributed by atoms with Gasteiger partial charge in [0.25, 0.3) is 0 Å². The minimum absolute atomic E-state index is 0.0340. The summed E-state index contributed by atoms with van der Waals surface area (Å²) in [6.07, 6.45) is 10.9. The van der Waals surface area contributed by atoms with Gasteiger partial charge in [-0.25, -0.2) is 0 Å². The second kappa shape index (κ2) is 7.98. The number of esters is 1. The van der Waals surface area contributed by atoms with Crippen molar-refractivity contribution in [2.45, 2.75) is 69.6 Å². The van der Waals surface area contributed by atoms with E-state index < -0.39 is 0 Å². The zero-order chi connectivity index (χ0) is 19.8. The van der Waals surface area contributed by atoms with Gasteiger partial charge < -0.3 is 4.74 Å². The van der Waals surface area contributed by atoms with Crippen LogP contribution in [0.25, 0.3) is 10.8 Å². The normalized spacial score (nSPS) is 30.2. The molecule has 2 nitrogen and oxygen atoms in total. The molecule has 29 heavy (non-hydrogen) atoms. The molecule has 1 heterocycles. The average molecular weight is 410 g/mol. The summed E-state index contributed by atoms with van der Waals surface area (Å²) in [7, 11) is 0.341. The predicted octanol–water partition coefficient (Wildman–Crippen LogP) is 6.51. The lowest BCUT2D eigenvalue weighted by Crippen LogP contribution is -2.44. The third-order valence-corrected chi connectivity index (χ3v) is 10.0. The van der Waals surface area contributed by atoms with Crippen LogP contribution in [0, 0.1) is 17.3 Å². The Labute approximate surface area is 177 Å². The van der Waals surface area contributed by atoms with Crippen LogP contribution in [0.5, 0.6) is 5.75 Å². The Hall–Kier alpha value is -1.48. The fourth-order valence-electron chi connectivity index (χ4n) is 6.30. The zero-order valence-electron chi connectivity index (χ0n) is 17.6. The smallest absolute Gasteiger partial charge is 0.317 e. The van der Waals surface area contributed by atoms with Gasteiger partial charge in [-0.15, -0.1) is 0 Å². The molecule has 3 unspecified atom stereocenters. The van der Waals surface area contributed by atoms with Crippen LogP contribution in [0.2, 0.25) is 0 Å². The lowest BCUT2D eigenvalue weighted by Gasteiger charge is -2.45. The summed E-state index contributed by atoms with van der Waals surface area (Å²) in [5.41, 5.74) is -0.245. The molecule has 2 saturated carbocycles. The summed E-state index contributed by atoms with van der Waals surface area (Å²) in [5.74, 6) is 4.77. The first-order chi connectivity index (χ1) is 14.1. The molecule has 2 bridgehead atoms. The van der Waals surface area contributed by atoms with Crippen molar-refractivity contribution in [3.63, 3.8) is 0 Å². The minimum Gasteiger partial charge on any atom is -0.425 e. The third-order valence-electron chi connectivity index (χ3n) is 7.49. The topological polar surface area (TPSA) is 26.3 Å². The van der Waals surface area contributed by atoms with E-state index in [4.69, 9.17) is 4.74 Å². The van der Waals surface area contributed by atoms with Gasteiger partial charge in [0, 0.05) is 21.7 Å². The molecule has 0 N–H and O–H groups in total. The fraction of sp³-hybridized carbons (Fsp3) is 0.577. The van der Waals surface area contributed by atoms with E-state index in [0.717, 1.165) is 30.4 Å². The maximum absolute atomic E-state index is 13.5. The van der Waals surface area contributed by atoms with Gasteiger partial charge in [0.2, 0.25) is 0 Å². The summed E-state index contributed by atoms with van der Waals surface area (Å²) in [6.45, 7) is 2.31. The quantitative estimate of drug-likeness (QED) is 0.328. The Kier molecular flexibility index (Phi) is 5.36. The van der Waals surface area contributed by atoms with E-state index in [0.29, 0.717) is 22.7 Å². The van der Waals surface area contributed by atoms with Crippen LogP contribution in [0.4, 0.5) is 0 Å². The van der Waals surface area contributed by atoms with Gasteiger partial charge in [-0.1, -0.05) is 38.0 Å². The van der Waals surface area contributed by atoms with Crippen LogP contribution in [-0.2, 0) is 15.7 Å². The highest BCUT2D eigenvalue weighted by molar-refractivity contribution is 7.97. The predicted molar refractivity (Wildman–Crippen MR) is 122 cm³/mol. The van der Waals surface area contributed by atoms with Crippen LogP contribution in [0.1, 0.15) is 64.7 Å². The highest BCUT2D eigenvalue weighted by atomic mass is 32.2. The standard InChI is InChI=1S/C26H33O2S/c1-19-16-20-8-7-13-26(17-19,18-20)25(27)28-23-11-12-24(29-14-5-2-6-15-29)22-10-4-3-9-21(22)23/h3-4,9-12,19-20H,2,5-8,13-18H2,1H3/q+1. The van der Waals surface area contributed by atoms with Crippen LogP contribution < -0.4 is 4.74 Å².